The first kappa shape index (κ1) is 13.8. The van der Waals surface area contributed by atoms with Gasteiger partial charge in [-0.25, -0.2) is 4.98 Å². The number of carboxylic acid groups (broad SMARTS) is 1. The number of fused-ring (bicyclic) bond motifs is 1. The third-order valence-electron chi connectivity index (χ3n) is 3.61. The Labute approximate surface area is 125 Å². The quantitative estimate of drug-likeness (QED) is 0.924. The van der Waals surface area contributed by atoms with E-state index < -0.39 is 11.9 Å². The van der Waals surface area contributed by atoms with Crippen LogP contribution in [0.4, 0.5) is 0 Å². The number of rotatable bonds is 2. The fraction of sp³-hybridized carbons (Fsp3) is 0.267. The van der Waals surface area contributed by atoms with E-state index in [1.165, 1.54) is 11.3 Å². The van der Waals surface area contributed by atoms with Gasteiger partial charge in [-0.2, -0.15) is 0 Å². The highest BCUT2D eigenvalue weighted by molar-refractivity contribution is 7.13. The van der Waals surface area contributed by atoms with Crippen molar-refractivity contribution < 1.29 is 14.7 Å². The molecule has 1 unspecified atom stereocenters. The molecule has 1 N–H and O–H groups in total. The summed E-state index contributed by atoms with van der Waals surface area (Å²) in [5.41, 5.74) is 1.69. The average molecular weight is 302 g/mol. The SMILES string of the molecule is Cc1ncc(C(=O)N2Cc3ccccc3C(C(=O)O)C2)s1. The lowest BCUT2D eigenvalue weighted by molar-refractivity contribution is -0.139. The van der Waals surface area contributed by atoms with Crippen molar-refractivity contribution in [3.63, 3.8) is 0 Å². The Hall–Kier alpha value is -2.21. The zero-order valence-electron chi connectivity index (χ0n) is 11.4. The topological polar surface area (TPSA) is 70.5 Å². The molecule has 6 heteroatoms. The summed E-state index contributed by atoms with van der Waals surface area (Å²) in [6.45, 7) is 2.48. The molecule has 0 aliphatic carbocycles. The molecule has 3 rings (SSSR count). The number of carboxylic acids is 1. The molecule has 0 spiro atoms. The molecule has 0 saturated heterocycles. The minimum Gasteiger partial charge on any atom is -0.481 e. The smallest absolute Gasteiger partial charge is 0.312 e. The summed E-state index contributed by atoms with van der Waals surface area (Å²) in [7, 11) is 0. The summed E-state index contributed by atoms with van der Waals surface area (Å²) >= 11 is 1.33. The summed E-state index contributed by atoms with van der Waals surface area (Å²) in [6, 6.07) is 7.40. The summed E-state index contributed by atoms with van der Waals surface area (Å²) < 4.78 is 0. The third-order valence-corrected chi connectivity index (χ3v) is 4.51. The Bertz CT molecular complexity index is 710. The van der Waals surface area contributed by atoms with Gasteiger partial charge in [-0.3, -0.25) is 9.59 Å². The van der Waals surface area contributed by atoms with Gasteiger partial charge in [0.15, 0.2) is 0 Å². The molecule has 0 saturated carbocycles. The van der Waals surface area contributed by atoms with Gasteiger partial charge in [0, 0.05) is 13.1 Å². The van der Waals surface area contributed by atoms with Crippen molar-refractivity contribution in [3.05, 3.63) is 51.5 Å². The molecule has 1 aliphatic heterocycles. The molecule has 0 bridgehead atoms. The second-order valence-corrected chi connectivity index (χ2v) is 6.25. The second kappa shape index (κ2) is 5.29. The molecule has 0 radical (unpaired) electrons. The van der Waals surface area contributed by atoms with E-state index in [4.69, 9.17) is 0 Å². The van der Waals surface area contributed by atoms with Gasteiger partial charge in [0.1, 0.15) is 4.88 Å². The lowest BCUT2D eigenvalue weighted by Crippen LogP contribution is -2.40. The van der Waals surface area contributed by atoms with Crippen LogP contribution in [0.5, 0.6) is 0 Å². The van der Waals surface area contributed by atoms with Crippen LogP contribution >= 0.6 is 11.3 Å². The number of nitrogens with zero attached hydrogens (tertiary/aromatic N) is 2. The molecule has 108 valence electrons. The summed E-state index contributed by atoms with van der Waals surface area (Å²) in [4.78, 5) is 30.2. The number of amides is 1. The van der Waals surface area contributed by atoms with Crippen molar-refractivity contribution in [2.75, 3.05) is 6.54 Å². The molecule has 1 aromatic heterocycles. The van der Waals surface area contributed by atoms with Crippen LogP contribution < -0.4 is 0 Å². The maximum absolute atomic E-state index is 12.5. The molecule has 21 heavy (non-hydrogen) atoms. The highest BCUT2D eigenvalue weighted by Crippen LogP contribution is 2.30. The van der Waals surface area contributed by atoms with Crippen molar-refractivity contribution in [3.8, 4) is 0 Å². The Balaban J connectivity index is 1.93. The normalized spacial score (nSPS) is 17.4. The number of hydrogen-bond donors (Lipinski definition) is 1. The van der Waals surface area contributed by atoms with E-state index in [1.54, 1.807) is 11.1 Å². The number of hydrogen-bond acceptors (Lipinski definition) is 4. The van der Waals surface area contributed by atoms with Gasteiger partial charge >= 0.3 is 5.97 Å². The molecular formula is C15H14N2O3S. The van der Waals surface area contributed by atoms with E-state index in [0.29, 0.717) is 11.4 Å². The first-order chi connectivity index (χ1) is 10.1. The van der Waals surface area contributed by atoms with Gasteiger partial charge in [0.05, 0.1) is 17.1 Å². The number of carbonyl (C=O) groups excluding carboxylic acids is 1. The van der Waals surface area contributed by atoms with Crippen molar-refractivity contribution >= 4 is 23.2 Å². The predicted octanol–water partition coefficient (Wildman–Crippen LogP) is 2.28. The van der Waals surface area contributed by atoms with E-state index in [9.17, 15) is 14.7 Å². The monoisotopic (exact) mass is 302 g/mol. The van der Waals surface area contributed by atoms with E-state index in [-0.39, 0.29) is 12.5 Å². The van der Waals surface area contributed by atoms with Gasteiger partial charge in [-0.1, -0.05) is 24.3 Å². The maximum Gasteiger partial charge on any atom is 0.312 e. The fourth-order valence-electron chi connectivity index (χ4n) is 2.59. The number of aromatic nitrogens is 1. The minimum absolute atomic E-state index is 0.152. The molecular weight excluding hydrogens is 288 g/mol. The molecule has 0 fully saturated rings. The molecule has 1 atom stereocenters. The van der Waals surface area contributed by atoms with Crippen LogP contribution in [0, 0.1) is 6.92 Å². The largest absolute Gasteiger partial charge is 0.481 e. The zero-order valence-corrected chi connectivity index (χ0v) is 12.3. The molecule has 5 nitrogen and oxygen atoms in total. The first-order valence-corrected chi connectivity index (χ1v) is 7.40. The minimum atomic E-state index is -0.902. The standard InChI is InChI=1S/C15H14N2O3S/c1-9-16-6-13(21-9)14(18)17-7-10-4-2-3-5-11(10)12(8-17)15(19)20/h2-6,12H,7-8H2,1H3,(H,19,20). The summed E-state index contributed by atoms with van der Waals surface area (Å²) in [5, 5.41) is 10.2. The maximum atomic E-state index is 12.5. The van der Waals surface area contributed by atoms with Gasteiger partial charge in [0.2, 0.25) is 0 Å². The van der Waals surface area contributed by atoms with Crippen molar-refractivity contribution in [1.82, 2.24) is 9.88 Å². The van der Waals surface area contributed by atoms with Crippen LogP contribution in [0.2, 0.25) is 0 Å². The van der Waals surface area contributed by atoms with Crippen LogP contribution in [0.15, 0.2) is 30.5 Å². The third kappa shape index (κ3) is 2.54. The van der Waals surface area contributed by atoms with Crippen LogP contribution in [-0.4, -0.2) is 33.4 Å². The van der Waals surface area contributed by atoms with Crippen LogP contribution in [0.25, 0.3) is 0 Å². The van der Waals surface area contributed by atoms with E-state index in [1.807, 2.05) is 31.2 Å². The summed E-state index contributed by atoms with van der Waals surface area (Å²) in [6.07, 6.45) is 1.55. The van der Waals surface area contributed by atoms with Crippen LogP contribution in [0.1, 0.15) is 31.7 Å². The van der Waals surface area contributed by atoms with E-state index in [2.05, 4.69) is 4.98 Å². The van der Waals surface area contributed by atoms with Gasteiger partial charge in [-0.15, -0.1) is 11.3 Å². The van der Waals surface area contributed by atoms with Crippen molar-refractivity contribution in [1.29, 1.82) is 0 Å². The van der Waals surface area contributed by atoms with Gasteiger partial charge in [0.25, 0.3) is 5.91 Å². The Kier molecular flexibility index (Phi) is 3.47. The highest BCUT2D eigenvalue weighted by Gasteiger charge is 2.33. The molecule has 1 aromatic carbocycles. The molecule has 2 aromatic rings. The first-order valence-electron chi connectivity index (χ1n) is 6.58. The van der Waals surface area contributed by atoms with Crippen LogP contribution in [0.3, 0.4) is 0 Å². The van der Waals surface area contributed by atoms with Gasteiger partial charge < -0.3 is 10.0 Å². The number of carbonyl (C=O) groups is 2. The second-order valence-electron chi connectivity index (χ2n) is 5.02. The average Bonchev–Trinajstić information content (AvgIpc) is 2.91. The Morgan fingerprint density at radius 1 is 1.38 bits per heavy atom. The van der Waals surface area contributed by atoms with Crippen LogP contribution in [-0.2, 0) is 11.3 Å². The molecule has 1 aliphatic rings. The fourth-order valence-corrected chi connectivity index (χ4v) is 3.33. The highest BCUT2D eigenvalue weighted by atomic mass is 32.1. The number of aryl methyl sites for hydroxylation is 1. The zero-order chi connectivity index (χ0) is 15.0. The van der Waals surface area contributed by atoms with E-state index in [0.717, 1.165) is 16.1 Å². The number of benzene rings is 1. The number of thiazole rings is 1. The Morgan fingerprint density at radius 3 is 2.81 bits per heavy atom. The van der Waals surface area contributed by atoms with E-state index >= 15 is 0 Å². The van der Waals surface area contributed by atoms with Crippen molar-refractivity contribution in [2.24, 2.45) is 0 Å². The van der Waals surface area contributed by atoms with Crippen molar-refractivity contribution in [2.45, 2.75) is 19.4 Å². The molecule has 2 heterocycles. The summed E-state index contributed by atoms with van der Waals surface area (Å²) in [5.74, 6) is -1.73. The molecule has 1 amide bonds. The number of aliphatic carboxylic acids is 1. The van der Waals surface area contributed by atoms with Gasteiger partial charge in [-0.05, 0) is 18.1 Å². The Morgan fingerprint density at radius 2 is 2.14 bits per heavy atom. The lowest BCUT2D eigenvalue weighted by atomic mass is 9.90. The predicted molar refractivity (Wildman–Crippen MR) is 78.4 cm³/mol. The lowest BCUT2D eigenvalue weighted by Gasteiger charge is -2.32.